The average molecular weight is 423 g/mol. The minimum absolute atomic E-state index is 0.0725. The molecule has 158 valence electrons. The van der Waals surface area contributed by atoms with Gasteiger partial charge in [0.25, 0.3) is 0 Å². The molecule has 2 aliphatic rings. The molecule has 0 unspecified atom stereocenters. The third-order valence-corrected chi connectivity index (χ3v) is 5.61. The van der Waals surface area contributed by atoms with Crippen molar-refractivity contribution in [2.45, 2.75) is 50.9 Å². The smallest absolute Gasteiger partial charge is 0.305 e. The average Bonchev–Trinajstić information content (AvgIpc) is 3.60. The number of rotatable bonds is 6. The molecule has 1 saturated heterocycles. The van der Waals surface area contributed by atoms with Gasteiger partial charge in [-0.15, -0.1) is 3.89 Å². The van der Waals surface area contributed by atoms with Crippen LogP contribution in [0.5, 0.6) is 0 Å². The van der Waals surface area contributed by atoms with Crippen LogP contribution in [-0.4, -0.2) is 28.6 Å². The number of nitrogens with two attached hydrogens (primary N) is 1. The molecule has 0 bridgehead atoms. The molecular weight excluding hydrogens is 394 g/mol. The lowest BCUT2D eigenvalue weighted by Gasteiger charge is -2.27. The van der Waals surface area contributed by atoms with Gasteiger partial charge in [-0.1, -0.05) is 12.1 Å². The van der Waals surface area contributed by atoms with Gasteiger partial charge in [-0.05, 0) is 75.1 Å². The Balaban J connectivity index is 0.000000200. The first-order valence-electron chi connectivity index (χ1n) is 10.2. The fraction of sp³-hybridized carbons (Fsp3) is 0.524. The lowest BCUT2D eigenvalue weighted by atomic mass is 10.1. The molecule has 5 nitrogen and oxygen atoms in total. The van der Waals surface area contributed by atoms with Gasteiger partial charge in [0, 0.05) is 19.3 Å². The van der Waals surface area contributed by atoms with Crippen molar-refractivity contribution in [3.8, 4) is 0 Å². The fourth-order valence-corrected chi connectivity index (χ4v) is 3.73. The molecule has 1 aromatic carbocycles. The van der Waals surface area contributed by atoms with Crippen LogP contribution in [0.25, 0.3) is 0 Å². The molecule has 0 spiro atoms. The molecule has 2 fully saturated rings. The minimum Gasteiger partial charge on any atom is -0.352 e. The van der Waals surface area contributed by atoms with Gasteiger partial charge in [-0.25, -0.2) is 13.3 Å². The van der Waals surface area contributed by atoms with Gasteiger partial charge >= 0.3 is 5.56 Å². The van der Waals surface area contributed by atoms with Crippen molar-refractivity contribution in [1.82, 2.24) is 8.96 Å². The maximum atomic E-state index is 12.8. The van der Waals surface area contributed by atoms with E-state index in [0.717, 1.165) is 47.9 Å². The molecular formula is C21H28F2N4OS. The maximum Gasteiger partial charge on any atom is 0.305 e. The Hall–Kier alpha value is -1.93. The van der Waals surface area contributed by atoms with Crippen molar-refractivity contribution >= 4 is 18.2 Å². The SMILES string of the molecule is Fc1ccc(C2CC2)cc1.NCCCc1cn(SF)c(=O)c(N2CCCCC2)n1. The second-order valence-corrected chi connectivity index (χ2v) is 8.05. The first-order chi connectivity index (χ1) is 14.1. The van der Waals surface area contributed by atoms with Crippen molar-refractivity contribution in [2.75, 3.05) is 24.5 Å². The van der Waals surface area contributed by atoms with Crippen molar-refractivity contribution < 1.29 is 8.28 Å². The lowest BCUT2D eigenvalue weighted by molar-refractivity contribution is 0.569. The third kappa shape index (κ3) is 6.27. The Labute approximate surface area is 174 Å². The standard InChI is InChI=1S/C12H19FN4OS.C9H9F/c13-19-17-9-10(5-4-6-14)15-11(12(17)18)16-7-2-1-3-8-16;10-9-5-3-8(4-6-9)7-1-2-7/h9H,1-8,14H2;3-7H,1-2H2. The van der Waals surface area contributed by atoms with E-state index in [1.54, 1.807) is 0 Å². The lowest BCUT2D eigenvalue weighted by Crippen LogP contribution is -2.36. The van der Waals surface area contributed by atoms with Crippen LogP contribution < -0.4 is 16.2 Å². The highest BCUT2D eigenvalue weighted by Crippen LogP contribution is 2.39. The summed E-state index contributed by atoms with van der Waals surface area (Å²) in [5.74, 6) is 0.976. The Morgan fingerprint density at radius 3 is 2.41 bits per heavy atom. The topological polar surface area (TPSA) is 64.2 Å². The van der Waals surface area contributed by atoms with Crippen molar-refractivity contribution in [3.05, 3.63) is 57.9 Å². The van der Waals surface area contributed by atoms with Crippen LogP contribution in [0, 0.1) is 5.82 Å². The molecule has 2 N–H and O–H groups in total. The number of piperidine rings is 1. The van der Waals surface area contributed by atoms with Crippen molar-refractivity contribution in [1.29, 1.82) is 0 Å². The third-order valence-electron chi connectivity index (χ3n) is 5.19. The molecule has 2 aromatic rings. The Kier molecular flexibility index (Phi) is 8.06. The van der Waals surface area contributed by atoms with Gasteiger partial charge in [0.15, 0.2) is 18.2 Å². The van der Waals surface area contributed by atoms with Crippen LogP contribution >= 0.6 is 12.3 Å². The Bertz CT molecular complexity index is 834. The van der Waals surface area contributed by atoms with E-state index in [9.17, 15) is 13.1 Å². The van der Waals surface area contributed by atoms with Gasteiger partial charge < -0.3 is 10.6 Å². The Morgan fingerprint density at radius 1 is 1.14 bits per heavy atom. The predicted molar refractivity (Wildman–Crippen MR) is 114 cm³/mol. The summed E-state index contributed by atoms with van der Waals surface area (Å²) in [6, 6.07) is 6.83. The normalized spacial score (nSPS) is 16.3. The summed E-state index contributed by atoms with van der Waals surface area (Å²) < 4.78 is 26.2. The van der Waals surface area contributed by atoms with E-state index in [1.807, 2.05) is 17.0 Å². The van der Waals surface area contributed by atoms with E-state index < -0.39 is 0 Å². The van der Waals surface area contributed by atoms with Gasteiger partial charge in [0.05, 0.1) is 5.69 Å². The molecule has 0 radical (unpaired) electrons. The quantitative estimate of drug-likeness (QED) is 0.756. The molecule has 0 amide bonds. The second-order valence-electron chi connectivity index (χ2n) is 7.52. The molecule has 1 saturated carbocycles. The first kappa shape index (κ1) is 21.8. The van der Waals surface area contributed by atoms with E-state index in [2.05, 4.69) is 4.98 Å². The molecule has 1 aliphatic carbocycles. The van der Waals surface area contributed by atoms with Gasteiger partial charge in [0.2, 0.25) is 0 Å². The van der Waals surface area contributed by atoms with Crippen molar-refractivity contribution in [3.63, 3.8) is 0 Å². The van der Waals surface area contributed by atoms with Crippen LogP contribution in [0.3, 0.4) is 0 Å². The second kappa shape index (κ2) is 10.7. The van der Waals surface area contributed by atoms with Crippen LogP contribution in [0.2, 0.25) is 0 Å². The summed E-state index contributed by atoms with van der Waals surface area (Å²) in [6.07, 6.45) is 8.76. The van der Waals surface area contributed by atoms with Crippen LogP contribution in [-0.2, 0) is 6.42 Å². The number of nitrogens with zero attached hydrogens (tertiary/aromatic N) is 3. The summed E-state index contributed by atoms with van der Waals surface area (Å²) in [6.45, 7) is 2.20. The predicted octanol–water partition coefficient (Wildman–Crippen LogP) is 4.21. The first-order valence-corrected chi connectivity index (χ1v) is 10.9. The molecule has 0 atom stereocenters. The zero-order chi connectivity index (χ0) is 20.6. The number of aromatic nitrogens is 2. The number of anilines is 1. The monoisotopic (exact) mass is 422 g/mol. The summed E-state index contributed by atoms with van der Waals surface area (Å²) in [5, 5.41) is 0. The zero-order valence-electron chi connectivity index (χ0n) is 16.5. The summed E-state index contributed by atoms with van der Waals surface area (Å²) in [5.41, 5.74) is 7.11. The number of hydrogen-bond donors (Lipinski definition) is 1. The minimum atomic E-state index is -0.370. The Morgan fingerprint density at radius 2 is 1.83 bits per heavy atom. The summed E-state index contributed by atoms with van der Waals surface area (Å²) in [7, 11) is 0. The molecule has 4 rings (SSSR count). The molecule has 2 heterocycles. The number of hydrogen-bond acceptors (Lipinski definition) is 5. The number of aryl methyl sites for hydroxylation is 1. The van der Waals surface area contributed by atoms with E-state index in [-0.39, 0.29) is 23.7 Å². The highest BCUT2D eigenvalue weighted by molar-refractivity contribution is 7.92. The molecule has 1 aliphatic heterocycles. The van der Waals surface area contributed by atoms with Crippen molar-refractivity contribution in [2.24, 2.45) is 5.73 Å². The zero-order valence-corrected chi connectivity index (χ0v) is 17.3. The van der Waals surface area contributed by atoms with E-state index in [4.69, 9.17) is 5.73 Å². The summed E-state index contributed by atoms with van der Waals surface area (Å²) in [4.78, 5) is 18.5. The van der Waals surface area contributed by atoms with Gasteiger partial charge in [-0.2, -0.15) is 0 Å². The fourth-order valence-electron chi connectivity index (χ4n) is 3.42. The van der Waals surface area contributed by atoms with E-state index in [1.165, 1.54) is 43.2 Å². The largest absolute Gasteiger partial charge is 0.352 e. The number of benzene rings is 1. The van der Waals surface area contributed by atoms with Crippen LogP contribution in [0.15, 0.2) is 35.3 Å². The van der Waals surface area contributed by atoms with E-state index >= 15 is 0 Å². The highest BCUT2D eigenvalue weighted by atomic mass is 32.2. The van der Waals surface area contributed by atoms with Gasteiger partial charge in [-0.3, -0.25) is 4.79 Å². The summed E-state index contributed by atoms with van der Waals surface area (Å²) >= 11 is -0.0725. The molecule has 29 heavy (non-hydrogen) atoms. The van der Waals surface area contributed by atoms with E-state index in [0.29, 0.717) is 18.8 Å². The molecule has 8 heteroatoms. The highest BCUT2D eigenvalue weighted by Gasteiger charge is 2.22. The number of halogens is 2. The maximum absolute atomic E-state index is 12.8. The van der Waals surface area contributed by atoms with Gasteiger partial charge in [0.1, 0.15) is 5.82 Å². The molecule has 1 aromatic heterocycles. The van der Waals surface area contributed by atoms with Crippen LogP contribution in [0.4, 0.5) is 14.1 Å². The van der Waals surface area contributed by atoms with Crippen LogP contribution in [0.1, 0.15) is 55.7 Å².